The summed E-state index contributed by atoms with van der Waals surface area (Å²) < 4.78 is 0. The summed E-state index contributed by atoms with van der Waals surface area (Å²) in [5.74, 6) is -0.112. The summed E-state index contributed by atoms with van der Waals surface area (Å²) in [4.78, 5) is 11.4. The summed E-state index contributed by atoms with van der Waals surface area (Å²) in [6.07, 6.45) is 6.56. The minimum absolute atomic E-state index is 0.112. The molecule has 0 amide bonds. The number of ketones is 1. The highest BCUT2D eigenvalue weighted by atomic mass is 16.3. The Hall–Kier alpha value is -1.45. The Morgan fingerprint density at radius 3 is 2.32 bits per heavy atom. The van der Waals surface area contributed by atoms with Crippen molar-refractivity contribution in [3.63, 3.8) is 0 Å². The van der Waals surface area contributed by atoms with Crippen molar-refractivity contribution in [2.75, 3.05) is 0 Å². The van der Waals surface area contributed by atoms with Crippen molar-refractivity contribution in [3.05, 3.63) is 48.0 Å². The number of carbonyl (C=O) groups is 1. The number of carbonyl (C=O) groups excluding carboxylic acids is 1. The molecule has 0 aromatic heterocycles. The van der Waals surface area contributed by atoms with Gasteiger partial charge in [0.25, 0.3) is 0 Å². The number of rotatable bonds is 11. The van der Waals surface area contributed by atoms with Crippen LogP contribution in [0.5, 0.6) is 0 Å². The molecule has 122 valence electrons. The highest BCUT2D eigenvalue weighted by Crippen LogP contribution is 2.14. The second-order valence-electron chi connectivity index (χ2n) is 5.81. The van der Waals surface area contributed by atoms with E-state index in [2.05, 4.69) is 13.5 Å². The number of aliphatic hydroxyl groups is 2. The van der Waals surface area contributed by atoms with Gasteiger partial charge in [0, 0.05) is 12.0 Å². The van der Waals surface area contributed by atoms with Gasteiger partial charge in [0.1, 0.15) is 0 Å². The molecule has 2 atom stereocenters. The van der Waals surface area contributed by atoms with E-state index >= 15 is 0 Å². The maximum Gasteiger partial charge on any atom is 0.185 e. The molecule has 1 aromatic carbocycles. The van der Waals surface area contributed by atoms with Crippen molar-refractivity contribution < 1.29 is 15.0 Å². The molecule has 0 aliphatic carbocycles. The van der Waals surface area contributed by atoms with Crippen LogP contribution in [0, 0.1) is 0 Å². The summed E-state index contributed by atoms with van der Waals surface area (Å²) in [7, 11) is 0. The average Bonchev–Trinajstić information content (AvgIpc) is 2.54. The van der Waals surface area contributed by atoms with Crippen molar-refractivity contribution >= 4 is 5.78 Å². The van der Waals surface area contributed by atoms with Crippen LogP contribution in [0.2, 0.25) is 0 Å². The average molecular weight is 304 g/mol. The molecule has 0 spiro atoms. The topological polar surface area (TPSA) is 57.5 Å². The van der Waals surface area contributed by atoms with Crippen LogP contribution in [0.15, 0.2) is 36.9 Å². The summed E-state index contributed by atoms with van der Waals surface area (Å²) in [6.45, 7) is 5.63. The molecule has 2 N–H and O–H groups in total. The van der Waals surface area contributed by atoms with Gasteiger partial charge in [-0.3, -0.25) is 4.79 Å². The van der Waals surface area contributed by atoms with E-state index in [4.69, 9.17) is 0 Å². The zero-order valence-corrected chi connectivity index (χ0v) is 13.5. The van der Waals surface area contributed by atoms with Crippen molar-refractivity contribution in [2.45, 2.75) is 64.1 Å². The Kier molecular flexibility index (Phi) is 8.71. The SMILES string of the molecule is C=CC(=O)c1ccc(CC(O)C(O)CCCCCCC)cc1. The fourth-order valence-corrected chi connectivity index (χ4v) is 2.45. The third kappa shape index (κ3) is 6.54. The van der Waals surface area contributed by atoms with Gasteiger partial charge >= 0.3 is 0 Å². The first-order valence-electron chi connectivity index (χ1n) is 8.20. The van der Waals surface area contributed by atoms with Crippen molar-refractivity contribution in [1.29, 1.82) is 0 Å². The molecule has 3 heteroatoms. The third-order valence-electron chi connectivity index (χ3n) is 3.92. The lowest BCUT2D eigenvalue weighted by Crippen LogP contribution is -2.27. The lowest BCUT2D eigenvalue weighted by Gasteiger charge is -2.18. The maximum absolute atomic E-state index is 11.4. The van der Waals surface area contributed by atoms with E-state index in [0.29, 0.717) is 18.4 Å². The van der Waals surface area contributed by atoms with Gasteiger partial charge in [-0.05, 0) is 18.1 Å². The van der Waals surface area contributed by atoms with E-state index in [1.54, 1.807) is 12.1 Å². The van der Waals surface area contributed by atoms with Gasteiger partial charge in [-0.15, -0.1) is 0 Å². The number of unbranched alkanes of at least 4 members (excludes halogenated alkanes) is 4. The van der Waals surface area contributed by atoms with E-state index < -0.39 is 12.2 Å². The van der Waals surface area contributed by atoms with E-state index in [0.717, 1.165) is 18.4 Å². The Labute approximate surface area is 133 Å². The normalized spacial score (nSPS) is 13.6. The van der Waals surface area contributed by atoms with Gasteiger partial charge < -0.3 is 10.2 Å². The minimum atomic E-state index is -0.757. The van der Waals surface area contributed by atoms with Crippen LogP contribution < -0.4 is 0 Å². The van der Waals surface area contributed by atoms with Gasteiger partial charge in [-0.1, -0.05) is 69.9 Å². The van der Waals surface area contributed by atoms with Gasteiger partial charge in [-0.25, -0.2) is 0 Å². The van der Waals surface area contributed by atoms with Crippen LogP contribution in [0.1, 0.15) is 61.4 Å². The molecule has 0 saturated carbocycles. The number of aliphatic hydroxyl groups excluding tert-OH is 2. The Morgan fingerprint density at radius 2 is 1.73 bits per heavy atom. The highest BCUT2D eigenvalue weighted by molar-refractivity contribution is 6.04. The summed E-state index contributed by atoms with van der Waals surface area (Å²) in [5.41, 5.74) is 1.50. The molecule has 0 fully saturated rings. The molecule has 0 radical (unpaired) electrons. The Balaban J connectivity index is 2.38. The molecule has 0 aliphatic rings. The maximum atomic E-state index is 11.4. The number of allylic oxidation sites excluding steroid dienone is 1. The molecule has 1 rings (SSSR count). The van der Waals surface area contributed by atoms with E-state index in [1.807, 2.05) is 12.1 Å². The van der Waals surface area contributed by atoms with Crippen LogP contribution in [0.25, 0.3) is 0 Å². The zero-order valence-electron chi connectivity index (χ0n) is 13.5. The summed E-state index contributed by atoms with van der Waals surface area (Å²) in [5, 5.41) is 20.1. The lowest BCUT2D eigenvalue weighted by atomic mass is 9.98. The molecule has 0 bridgehead atoms. The molecular weight excluding hydrogens is 276 g/mol. The van der Waals surface area contributed by atoms with E-state index in [-0.39, 0.29) is 5.78 Å². The van der Waals surface area contributed by atoms with Gasteiger partial charge in [-0.2, -0.15) is 0 Å². The standard InChI is InChI=1S/C19H28O3/c1-3-5-6-7-8-9-18(21)19(22)14-15-10-12-16(13-11-15)17(20)4-2/h4,10-13,18-19,21-22H,2-3,5-9,14H2,1H3. The van der Waals surface area contributed by atoms with Crippen LogP contribution in [-0.2, 0) is 6.42 Å². The molecule has 1 aromatic rings. The van der Waals surface area contributed by atoms with Crippen LogP contribution >= 0.6 is 0 Å². The van der Waals surface area contributed by atoms with Crippen molar-refractivity contribution in [3.8, 4) is 0 Å². The van der Waals surface area contributed by atoms with Crippen LogP contribution in [0.4, 0.5) is 0 Å². The smallest absolute Gasteiger partial charge is 0.185 e. The predicted octanol–water partition coefficient (Wildman–Crippen LogP) is 3.68. The molecule has 22 heavy (non-hydrogen) atoms. The lowest BCUT2D eigenvalue weighted by molar-refractivity contribution is 0.0137. The van der Waals surface area contributed by atoms with Crippen molar-refractivity contribution in [2.24, 2.45) is 0 Å². The fraction of sp³-hybridized carbons (Fsp3) is 0.526. The molecule has 0 saturated heterocycles. The second-order valence-corrected chi connectivity index (χ2v) is 5.81. The first-order chi connectivity index (χ1) is 10.6. The molecule has 0 aliphatic heterocycles. The highest BCUT2D eigenvalue weighted by Gasteiger charge is 2.16. The van der Waals surface area contributed by atoms with Gasteiger partial charge in [0.05, 0.1) is 12.2 Å². The number of hydrogen-bond acceptors (Lipinski definition) is 3. The molecule has 2 unspecified atom stereocenters. The third-order valence-corrected chi connectivity index (χ3v) is 3.92. The summed E-state index contributed by atoms with van der Waals surface area (Å²) in [6, 6.07) is 7.08. The molecule has 3 nitrogen and oxygen atoms in total. The second kappa shape index (κ2) is 10.3. The quantitative estimate of drug-likeness (QED) is 0.372. The van der Waals surface area contributed by atoms with Crippen LogP contribution in [0.3, 0.4) is 0 Å². The minimum Gasteiger partial charge on any atom is -0.390 e. The zero-order chi connectivity index (χ0) is 16.4. The van der Waals surface area contributed by atoms with Crippen molar-refractivity contribution in [1.82, 2.24) is 0 Å². The molecule has 0 heterocycles. The predicted molar refractivity (Wildman–Crippen MR) is 90.1 cm³/mol. The first-order valence-corrected chi connectivity index (χ1v) is 8.20. The first kappa shape index (κ1) is 18.6. The largest absolute Gasteiger partial charge is 0.390 e. The Bertz CT molecular complexity index is 450. The van der Waals surface area contributed by atoms with Gasteiger partial charge in [0.2, 0.25) is 0 Å². The number of hydrogen-bond donors (Lipinski definition) is 2. The summed E-state index contributed by atoms with van der Waals surface area (Å²) >= 11 is 0. The fourth-order valence-electron chi connectivity index (χ4n) is 2.45. The van der Waals surface area contributed by atoms with Gasteiger partial charge in [0.15, 0.2) is 5.78 Å². The Morgan fingerprint density at radius 1 is 1.09 bits per heavy atom. The van der Waals surface area contributed by atoms with Crippen LogP contribution in [-0.4, -0.2) is 28.2 Å². The molecular formula is C19H28O3. The number of benzene rings is 1. The van der Waals surface area contributed by atoms with E-state index in [9.17, 15) is 15.0 Å². The monoisotopic (exact) mass is 304 g/mol. The van der Waals surface area contributed by atoms with E-state index in [1.165, 1.54) is 25.3 Å².